The van der Waals surface area contributed by atoms with Gasteiger partial charge in [-0.2, -0.15) is 0 Å². The van der Waals surface area contributed by atoms with Gasteiger partial charge in [0.2, 0.25) is 0 Å². The van der Waals surface area contributed by atoms with Gasteiger partial charge >= 0.3 is 0 Å². The third-order valence-corrected chi connectivity index (χ3v) is 4.89. The molecule has 1 heterocycles. The minimum absolute atomic E-state index is 0.0663. The number of hydrogen-bond acceptors (Lipinski definition) is 3. The Labute approximate surface area is 158 Å². The van der Waals surface area contributed by atoms with Gasteiger partial charge in [0, 0.05) is 5.69 Å². The van der Waals surface area contributed by atoms with Gasteiger partial charge in [0.1, 0.15) is 6.04 Å². The number of hydrogen-bond donors (Lipinski definition) is 3. The van der Waals surface area contributed by atoms with Gasteiger partial charge in [-0.05, 0) is 37.1 Å². The number of amides is 1. The van der Waals surface area contributed by atoms with Crippen molar-refractivity contribution in [2.45, 2.75) is 26.3 Å². The molecule has 0 saturated heterocycles. The molecule has 0 spiro atoms. The lowest BCUT2D eigenvalue weighted by molar-refractivity contribution is -0.902. The van der Waals surface area contributed by atoms with E-state index in [2.05, 4.69) is 22.2 Å². The van der Waals surface area contributed by atoms with E-state index in [4.69, 9.17) is 0 Å². The molecule has 3 aromatic rings. The van der Waals surface area contributed by atoms with Crippen molar-refractivity contribution in [1.29, 1.82) is 0 Å². The highest BCUT2D eigenvalue weighted by Gasteiger charge is 2.22. The molecule has 140 valence electrons. The summed E-state index contributed by atoms with van der Waals surface area (Å²) in [5.74, 6) is 0.515. The maximum absolute atomic E-state index is 12.5. The number of nitrogens with one attached hydrogen (secondary N) is 3. The first-order valence-corrected chi connectivity index (χ1v) is 9.18. The van der Waals surface area contributed by atoms with Gasteiger partial charge in [-0.25, -0.2) is 4.98 Å². The van der Waals surface area contributed by atoms with Crippen LogP contribution in [0.3, 0.4) is 0 Å². The van der Waals surface area contributed by atoms with E-state index in [1.807, 2.05) is 56.4 Å². The summed E-state index contributed by atoms with van der Waals surface area (Å²) in [5, 5.41) is 3.56. The number of para-hydroxylation sites is 2. The van der Waals surface area contributed by atoms with E-state index in [1.54, 1.807) is 6.07 Å². The molecule has 6 nitrogen and oxygen atoms in total. The van der Waals surface area contributed by atoms with E-state index >= 15 is 0 Å². The summed E-state index contributed by atoms with van der Waals surface area (Å²) in [4.78, 5) is 33.1. The molecule has 0 fully saturated rings. The third-order valence-electron chi connectivity index (χ3n) is 4.89. The van der Waals surface area contributed by atoms with Crippen LogP contribution < -0.4 is 15.8 Å². The molecule has 0 aliphatic rings. The van der Waals surface area contributed by atoms with Crippen LogP contribution in [0.2, 0.25) is 0 Å². The maximum atomic E-state index is 12.5. The SMILES string of the molecule is CCc1ccccc1NC(=O)C[NH+](C)[C@H](C)c1nc2ccccc2c(=O)[nH]1. The van der Waals surface area contributed by atoms with Gasteiger partial charge in [0.25, 0.3) is 11.5 Å². The van der Waals surface area contributed by atoms with Crippen molar-refractivity contribution < 1.29 is 9.69 Å². The molecular weight excluding hydrogens is 340 g/mol. The van der Waals surface area contributed by atoms with Gasteiger partial charge < -0.3 is 15.2 Å². The number of H-pyrrole nitrogens is 1. The second-order valence-electron chi connectivity index (χ2n) is 6.77. The highest BCUT2D eigenvalue weighted by Crippen LogP contribution is 2.15. The zero-order chi connectivity index (χ0) is 19.4. The summed E-state index contributed by atoms with van der Waals surface area (Å²) in [6.45, 7) is 4.29. The first-order valence-electron chi connectivity index (χ1n) is 9.18. The summed E-state index contributed by atoms with van der Waals surface area (Å²) in [7, 11) is 1.92. The van der Waals surface area contributed by atoms with Crippen molar-refractivity contribution >= 4 is 22.5 Å². The Morgan fingerprint density at radius 2 is 1.89 bits per heavy atom. The number of rotatable bonds is 6. The van der Waals surface area contributed by atoms with Gasteiger partial charge in [-0.15, -0.1) is 0 Å². The van der Waals surface area contributed by atoms with Crippen LogP contribution in [0.1, 0.15) is 31.3 Å². The monoisotopic (exact) mass is 365 g/mol. The number of aromatic amines is 1. The maximum Gasteiger partial charge on any atom is 0.279 e. The van der Waals surface area contributed by atoms with E-state index in [0.29, 0.717) is 16.7 Å². The molecule has 0 aliphatic heterocycles. The van der Waals surface area contributed by atoms with Crippen LogP contribution >= 0.6 is 0 Å². The number of anilines is 1. The second kappa shape index (κ2) is 8.14. The molecule has 3 rings (SSSR count). The summed E-state index contributed by atoms with van der Waals surface area (Å²) in [5.41, 5.74) is 2.47. The second-order valence-corrected chi connectivity index (χ2v) is 6.77. The molecule has 1 amide bonds. The Balaban J connectivity index is 1.73. The zero-order valence-electron chi connectivity index (χ0n) is 15.9. The fourth-order valence-corrected chi connectivity index (χ4v) is 3.09. The number of carbonyl (C=O) groups is 1. The third kappa shape index (κ3) is 4.23. The Morgan fingerprint density at radius 1 is 1.19 bits per heavy atom. The van der Waals surface area contributed by atoms with Crippen molar-refractivity contribution in [1.82, 2.24) is 9.97 Å². The fourth-order valence-electron chi connectivity index (χ4n) is 3.09. The molecule has 0 aliphatic carbocycles. The number of aromatic nitrogens is 2. The molecule has 0 bridgehead atoms. The van der Waals surface area contributed by atoms with Gasteiger partial charge in [-0.1, -0.05) is 37.3 Å². The van der Waals surface area contributed by atoms with Crippen molar-refractivity contribution in [2.24, 2.45) is 0 Å². The summed E-state index contributed by atoms with van der Waals surface area (Å²) in [6.07, 6.45) is 0.859. The van der Waals surface area contributed by atoms with E-state index in [1.165, 1.54) is 0 Å². The molecule has 0 saturated carbocycles. The van der Waals surface area contributed by atoms with Crippen LogP contribution in [0.15, 0.2) is 53.3 Å². The first kappa shape index (κ1) is 18.8. The van der Waals surface area contributed by atoms with Crippen LogP contribution in [-0.4, -0.2) is 29.5 Å². The molecule has 1 aromatic heterocycles. The minimum Gasteiger partial charge on any atom is -0.321 e. The Kier molecular flexibility index (Phi) is 5.66. The topological polar surface area (TPSA) is 79.3 Å². The fraction of sp³-hybridized carbons (Fsp3) is 0.286. The molecule has 6 heteroatoms. The average molecular weight is 365 g/mol. The normalized spacial score (nSPS) is 13.3. The summed E-state index contributed by atoms with van der Waals surface area (Å²) < 4.78 is 0. The van der Waals surface area contributed by atoms with Gasteiger partial charge in [-0.3, -0.25) is 9.59 Å². The van der Waals surface area contributed by atoms with Gasteiger partial charge in [0.05, 0.1) is 18.0 Å². The smallest absolute Gasteiger partial charge is 0.279 e. The summed E-state index contributed by atoms with van der Waals surface area (Å²) in [6, 6.07) is 14.9. The first-order chi connectivity index (χ1) is 13.0. The van der Waals surface area contributed by atoms with Crippen LogP contribution in [0.25, 0.3) is 10.9 Å². The van der Waals surface area contributed by atoms with Crippen LogP contribution in [0.5, 0.6) is 0 Å². The van der Waals surface area contributed by atoms with E-state index in [-0.39, 0.29) is 24.1 Å². The highest BCUT2D eigenvalue weighted by molar-refractivity contribution is 5.92. The molecule has 2 atom stereocenters. The lowest BCUT2D eigenvalue weighted by Gasteiger charge is -2.21. The number of likely N-dealkylation sites (N-methyl/N-ethyl adjacent to an activating group) is 1. The number of fused-ring (bicyclic) bond motifs is 1. The van der Waals surface area contributed by atoms with Crippen molar-refractivity contribution in [3.05, 3.63) is 70.3 Å². The Morgan fingerprint density at radius 3 is 2.67 bits per heavy atom. The molecule has 0 radical (unpaired) electrons. The van der Waals surface area contributed by atoms with E-state index in [0.717, 1.165) is 22.6 Å². The van der Waals surface area contributed by atoms with Crippen molar-refractivity contribution in [2.75, 3.05) is 18.9 Å². The Hall–Kier alpha value is -2.99. The number of carbonyl (C=O) groups excluding carboxylic acids is 1. The van der Waals surface area contributed by atoms with Crippen molar-refractivity contribution in [3.8, 4) is 0 Å². The quantitative estimate of drug-likeness (QED) is 0.622. The van der Waals surface area contributed by atoms with Crippen molar-refractivity contribution in [3.63, 3.8) is 0 Å². The van der Waals surface area contributed by atoms with Gasteiger partial charge in [0.15, 0.2) is 12.4 Å². The predicted octanol–water partition coefficient (Wildman–Crippen LogP) is 1.70. The zero-order valence-corrected chi connectivity index (χ0v) is 15.9. The minimum atomic E-state index is -0.156. The standard InChI is InChI=1S/C21H24N4O2/c1-4-15-9-5-7-11-17(15)22-19(26)13-25(3)14(2)20-23-18-12-8-6-10-16(18)21(27)24-20/h5-12,14H,4,13H2,1-3H3,(H,22,26)(H,23,24,27)/p+1/t14-/m1/s1. The van der Waals surface area contributed by atoms with Crippen LogP contribution in [-0.2, 0) is 11.2 Å². The van der Waals surface area contributed by atoms with E-state index in [9.17, 15) is 9.59 Å². The average Bonchev–Trinajstić information content (AvgIpc) is 2.67. The lowest BCUT2D eigenvalue weighted by Crippen LogP contribution is -3.10. The number of benzene rings is 2. The lowest BCUT2D eigenvalue weighted by atomic mass is 10.1. The Bertz CT molecular complexity index is 1010. The molecule has 27 heavy (non-hydrogen) atoms. The van der Waals surface area contributed by atoms with Crippen LogP contribution in [0.4, 0.5) is 5.69 Å². The number of aryl methyl sites for hydroxylation is 1. The number of nitrogens with zero attached hydrogens (tertiary/aromatic N) is 1. The predicted molar refractivity (Wildman–Crippen MR) is 107 cm³/mol. The number of quaternary nitrogens is 1. The van der Waals surface area contributed by atoms with E-state index < -0.39 is 0 Å². The molecule has 3 N–H and O–H groups in total. The molecule has 1 unspecified atom stereocenters. The summed E-state index contributed by atoms with van der Waals surface area (Å²) >= 11 is 0. The highest BCUT2D eigenvalue weighted by atomic mass is 16.2. The molecule has 2 aromatic carbocycles. The molecular formula is C21H25N4O2+. The largest absolute Gasteiger partial charge is 0.321 e. The van der Waals surface area contributed by atoms with Crippen LogP contribution in [0, 0.1) is 0 Å².